The van der Waals surface area contributed by atoms with Crippen molar-refractivity contribution in [3.8, 4) is 5.95 Å². The number of allylic oxidation sites excluding steroid dienone is 6. The highest BCUT2D eigenvalue weighted by molar-refractivity contribution is 6.06. The molecule has 0 saturated carbocycles. The molecule has 1 aromatic heterocycles. The molecule has 29 heavy (non-hydrogen) atoms. The molecular weight excluding hydrogens is 368 g/mol. The molecule has 5 heteroatoms. The van der Waals surface area contributed by atoms with E-state index >= 15 is 0 Å². The average molecular weight is 398 g/mol. The summed E-state index contributed by atoms with van der Waals surface area (Å²) < 4.78 is 11.3. The van der Waals surface area contributed by atoms with Crippen LogP contribution in [0.15, 0.2) is 44.2 Å². The van der Waals surface area contributed by atoms with E-state index in [1.54, 1.807) is 26.8 Å². The average Bonchev–Trinajstić information content (AvgIpc) is 2.68. The Morgan fingerprint density at radius 1 is 1.24 bits per heavy atom. The maximum Gasteiger partial charge on any atom is 0.291 e. The molecule has 0 aliphatic heterocycles. The van der Waals surface area contributed by atoms with E-state index in [1.807, 2.05) is 39.8 Å². The van der Waals surface area contributed by atoms with Gasteiger partial charge in [0.25, 0.3) is 5.95 Å². The summed E-state index contributed by atoms with van der Waals surface area (Å²) in [5.74, 6) is 0.354. The first-order valence-electron chi connectivity index (χ1n) is 9.84. The van der Waals surface area contributed by atoms with E-state index in [1.165, 1.54) is 7.11 Å². The molecular formula is C24H30O5. The zero-order valence-corrected chi connectivity index (χ0v) is 18.6. The zero-order valence-electron chi connectivity index (χ0n) is 18.6. The van der Waals surface area contributed by atoms with E-state index < -0.39 is 5.41 Å². The molecule has 1 aromatic rings. The molecule has 2 atom stereocenters. The summed E-state index contributed by atoms with van der Waals surface area (Å²) in [4.78, 5) is 37.3. The van der Waals surface area contributed by atoms with E-state index in [-0.39, 0.29) is 28.9 Å². The standard InChI is InChI=1S/C24H30O5/c1-9-19(25)14(3)10-13(2)18-11-20(26)15(4)12-24(18,7)22-16(5)21(27)17(6)23(28-8)29-22/h10-12,14H,9H2,1-8H3. The number of carbonyl (C=O) groups excluding carboxylic acids is 2. The highest BCUT2D eigenvalue weighted by Crippen LogP contribution is 2.43. The normalized spacial score (nSPS) is 20.8. The number of ether oxygens (including phenoxy) is 1. The smallest absolute Gasteiger partial charge is 0.291 e. The summed E-state index contributed by atoms with van der Waals surface area (Å²) in [6.07, 6.45) is 5.73. The van der Waals surface area contributed by atoms with Crippen molar-refractivity contribution in [3.05, 3.63) is 62.1 Å². The fourth-order valence-corrected chi connectivity index (χ4v) is 3.98. The van der Waals surface area contributed by atoms with Gasteiger partial charge in [-0.05, 0) is 57.4 Å². The van der Waals surface area contributed by atoms with Crippen LogP contribution in [0, 0.1) is 19.8 Å². The van der Waals surface area contributed by atoms with Crippen LogP contribution in [0.3, 0.4) is 0 Å². The van der Waals surface area contributed by atoms with Gasteiger partial charge < -0.3 is 9.15 Å². The van der Waals surface area contributed by atoms with Gasteiger partial charge in [-0.3, -0.25) is 14.4 Å². The molecule has 1 heterocycles. The van der Waals surface area contributed by atoms with Crippen molar-refractivity contribution in [3.63, 3.8) is 0 Å². The molecule has 1 aliphatic rings. The van der Waals surface area contributed by atoms with Crippen LogP contribution in [0.25, 0.3) is 0 Å². The molecule has 0 aromatic carbocycles. The second kappa shape index (κ2) is 8.36. The fourth-order valence-electron chi connectivity index (χ4n) is 3.98. The highest BCUT2D eigenvalue weighted by Gasteiger charge is 2.39. The van der Waals surface area contributed by atoms with E-state index in [0.29, 0.717) is 34.5 Å². The Labute approximate surface area is 172 Å². The summed E-state index contributed by atoms with van der Waals surface area (Å²) in [6.45, 7) is 12.6. The molecule has 156 valence electrons. The highest BCUT2D eigenvalue weighted by atomic mass is 16.6. The molecule has 0 N–H and O–H groups in total. The van der Waals surface area contributed by atoms with Gasteiger partial charge in [0.1, 0.15) is 11.5 Å². The van der Waals surface area contributed by atoms with E-state index in [2.05, 4.69) is 0 Å². The molecule has 0 bridgehead atoms. The molecule has 1 aliphatic carbocycles. The number of methoxy groups -OCH3 is 1. The SMILES string of the molecule is CCC(=O)C(C)C=C(C)C1=CC(=O)C(C)=CC1(C)c1oc(OC)c(C)c(=O)c1C. The Kier molecular flexibility index (Phi) is 6.51. The van der Waals surface area contributed by atoms with Crippen LogP contribution in [0.4, 0.5) is 0 Å². The van der Waals surface area contributed by atoms with Crippen LogP contribution in [0.5, 0.6) is 5.95 Å². The van der Waals surface area contributed by atoms with Crippen LogP contribution in [0.1, 0.15) is 57.9 Å². The zero-order chi connectivity index (χ0) is 22.1. The predicted molar refractivity (Wildman–Crippen MR) is 113 cm³/mol. The van der Waals surface area contributed by atoms with Gasteiger partial charge in [-0.2, -0.15) is 0 Å². The van der Waals surface area contributed by atoms with Crippen molar-refractivity contribution in [2.45, 2.75) is 60.3 Å². The summed E-state index contributed by atoms with van der Waals surface area (Å²) >= 11 is 0. The maximum atomic E-state index is 12.8. The topological polar surface area (TPSA) is 73.6 Å². The van der Waals surface area contributed by atoms with Crippen LogP contribution in [-0.4, -0.2) is 18.7 Å². The minimum atomic E-state index is -0.849. The molecule has 0 saturated heterocycles. The van der Waals surface area contributed by atoms with Gasteiger partial charge in [-0.15, -0.1) is 0 Å². The molecule has 0 amide bonds. The Balaban J connectivity index is 2.76. The molecule has 0 fully saturated rings. The third kappa shape index (κ3) is 4.04. The number of ketones is 2. The monoisotopic (exact) mass is 398 g/mol. The van der Waals surface area contributed by atoms with Crippen LogP contribution < -0.4 is 10.2 Å². The van der Waals surface area contributed by atoms with Crippen molar-refractivity contribution >= 4 is 11.6 Å². The second-order valence-corrected chi connectivity index (χ2v) is 7.91. The molecule has 5 nitrogen and oxygen atoms in total. The van der Waals surface area contributed by atoms with Crippen molar-refractivity contribution in [2.24, 2.45) is 5.92 Å². The van der Waals surface area contributed by atoms with E-state index in [4.69, 9.17) is 9.15 Å². The Morgan fingerprint density at radius 3 is 2.41 bits per heavy atom. The Hall–Kier alpha value is -2.69. The van der Waals surface area contributed by atoms with Gasteiger partial charge in [-0.25, -0.2) is 0 Å². The van der Waals surface area contributed by atoms with Crippen molar-refractivity contribution in [2.75, 3.05) is 7.11 Å². The van der Waals surface area contributed by atoms with Crippen LogP contribution in [-0.2, 0) is 15.0 Å². The maximum absolute atomic E-state index is 12.8. The van der Waals surface area contributed by atoms with Crippen molar-refractivity contribution in [1.29, 1.82) is 0 Å². The van der Waals surface area contributed by atoms with Gasteiger partial charge in [0.15, 0.2) is 11.2 Å². The van der Waals surface area contributed by atoms with Gasteiger partial charge in [0, 0.05) is 17.9 Å². The number of hydrogen-bond donors (Lipinski definition) is 0. The lowest BCUT2D eigenvalue weighted by Gasteiger charge is -2.33. The van der Waals surface area contributed by atoms with E-state index in [9.17, 15) is 14.4 Å². The Morgan fingerprint density at radius 2 is 1.86 bits per heavy atom. The van der Waals surface area contributed by atoms with Gasteiger partial charge in [-0.1, -0.05) is 26.0 Å². The summed E-state index contributed by atoms with van der Waals surface area (Å²) in [6, 6.07) is 0. The number of Topliss-reactive ketones (excluding diaryl/α,β-unsaturated/α-hetero) is 1. The first-order valence-corrected chi connectivity index (χ1v) is 9.84. The number of rotatable bonds is 6. The molecule has 2 unspecified atom stereocenters. The minimum absolute atomic E-state index is 0.0984. The molecule has 0 radical (unpaired) electrons. The van der Waals surface area contributed by atoms with E-state index in [0.717, 1.165) is 5.57 Å². The minimum Gasteiger partial charge on any atom is -0.468 e. The molecule has 2 rings (SSSR count). The summed E-state index contributed by atoms with van der Waals surface area (Å²) in [5, 5.41) is 0. The lowest BCUT2D eigenvalue weighted by molar-refractivity contribution is -0.120. The quantitative estimate of drug-likeness (QED) is 0.703. The largest absolute Gasteiger partial charge is 0.468 e. The van der Waals surface area contributed by atoms with Crippen LogP contribution in [0.2, 0.25) is 0 Å². The molecule has 0 spiro atoms. The summed E-state index contributed by atoms with van der Waals surface area (Å²) in [5.41, 5.74) is 1.97. The Bertz CT molecular complexity index is 1000. The third-order valence-electron chi connectivity index (χ3n) is 5.69. The van der Waals surface area contributed by atoms with Crippen molar-refractivity contribution < 1.29 is 18.7 Å². The predicted octanol–water partition coefficient (Wildman–Crippen LogP) is 4.54. The third-order valence-corrected chi connectivity index (χ3v) is 5.69. The first-order chi connectivity index (χ1) is 13.5. The van der Waals surface area contributed by atoms with Gasteiger partial charge in [0.05, 0.1) is 18.1 Å². The van der Waals surface area contributed by atoms with Crippen LogP contribution >= 0.6 is 0 Å². The fraction of sp³-hybridized carbons (Fsp3) is 0.458. The lowest BCUT2D eigenvalue weighted by Crippen LogP contribution is -2.31. The first kappa shape index (κ1) is 22.6. The number of hydrogen-bond acceptors (Lipinski definition) is 5. The van der Waals surface area contributed by atoms with Gasteiger partial charge >= 0.3 is 0 Å². The summed E-state index contributed by atoms with van der Waals surface area (Å²) in [7, 11) is 1.46. The number of carbonyl (C=O) groups is 2. The second-order valence-electron chi connectivity index (χ2n) is 7.91. The lowest BCUT2D eigenvalue weighted by atomic mass is 9.70. The van der Waals surface area contributed by atoms with Crippen molar-refractivity contribution in [1.82, 2.24) is 0 Å². The van der Waals surface area contributed by atoms with Gasteiger partial charge in [0.2, 0.25) is 0 Å².